The Morgan fingerprint density at radius 1 is 1.26 bits per heavy atom. The summed E-state index contributed by atoms with van der Waals surface area (Å²) in [5.74, 6) is -7.43. The highest BCUT2D eigenvalue weighted by atomic mass is 19.2. The highest BCUT2D eigenvalue weighted by Crippen LogP contribution is 2.59. The summed E-state index contributed by atoms with van der Waals surface area (Å²) in [5.41, 5.74) is -1.30. The van der Waals surface area contributed by atoms with Crippen LogP contribution in [0.4, 0.5) is 17.6 Å². The van der Waals surface area contributed by atoms with Crippen LogP contribution in [0.2, 0.25) is 0 Å². The van der Waals surface area contributed by atoms with E-state index in [9.17, 15) is 22.4 Å². The maximum atomic E-state index is 13.5. The van der Waals surface area contributed by atoms with E-state index in [1.165, 1.54) is 0 Å². The summed E-state index contributed by atoms with van der Waals surface area (Å²) in [7, 11) is 0. The van der Waals surface area contributed by atoms with E-state index in [2.05, 4.69) is 6.58 Å². The highest BCUT2D eigenvalue weighted by molar-refractivity contribution is 5.78. The molecule has 1 aliphatic carbocycles. The van der Waals surface area contributed by atoms with Gasteiger partial charge in [0.1, 0.15) is 6.61 Å². The Bertz CT molecular complexity index is 653. The number of allylic oxidation sites excluding steroid dienone is 3. The molecule has 0 aromatic heterocycles. The van der Waals surface area contributed by atoms with Crippen LogP contribution < -0.4 is 0 Å². The Balaban J connectivity index is 2.09. The molecule has 2 nitrogen and oxygen atoms in total. The minimum atomic E-state index is -1.56. The standard InChI is InChI=1S/C17H16F4O2/c1-4-5-6-10-13(17(10,2)3)16(22)23-8-9-14(20)11(18)7-12(19)15(9)21/h4-7,10,13H,1,8H2,2-3H3. The molecule has 2 rings (SSSR count). The average Bonchev–Trinajstić information content (AvgIpc) is 3.04. The predicted molar refractivity (Wildman–Crippen MR) is 76.2 cm³/mol. The molecule has 0 spiro atoms. The lowest BCUT2D eigenvalue weighted by molar-refractivity contribution is -0.147. The van der Waals surface area contributed by atoms with Gasteiger partial charge in [0.2, 0.25) is 0 Å². The number of esters is 1. The molecule has 1 aromatic rings. The van der Waals surface area contributed by atoms with Gasteiger partial charge in [0.05, 0.1) is 11.5 Å². The van der Waals surface area contributed by atoms with Gasteiger partial charge in [0.25, 0.3) is 0 Å². The van der Waals surface area contributed by atoms with Gasteiger partial charge in [-0.2, -0.15) is 0 Å². The van der Waals surface area contributed by atoms with Crippen LogP contribution in [0.5, 0.6) is 0 Å². The van der Waals surface area contributed by atoms with Gasteiger partial charge in [-0.25, -0.2) is 17.6 Å². The van der Waals surface area contributed by atoms with Gasteiger partial charge < -0.3 is 4.74 Å². The molecule has 0 radical (unpaired) electrons. The minimum Gasteiger partial charge on any atom is -0.460 e. The average molecular weight is 328 g/mol. The molecule has 1 aromatic carbocycles. The second-order valence-electron chi connectivity index (χ2n) is 6.00. The van der Waals surface area contributed by atoms with Crippen LogP contribution in [-0.2, 0) is 16.1 Å². The Hall–Kier alpha value is -2.11. The van der Waals surface area contributed by atoms with E-state index in [0.717, 1.165) is 0 Å². The summed E-state index contributed by atoms with van der Waals surface area (Å²) in [4.78, 5) is 12.0. The third-order valence-electron chi connectivity index (χ3n) is 4.18. The molecule has 124 valence electrons. The van der Waals surface area contributed by atoms with E-state index in [0.29, 0.717) is 0 Å². The molecule has 0 bridgehead atoms. The first-order valence-corrected chi connectivity index (χ1v) is 6.99. The molecule has 0 heterocycles. The molecule has 23 heavy (non-hydrogen) atoms. The van der Waals surface area contributed by atoms with Gasteiger partial charge in [-0.05, 0) is 11.3 Å². The third kappa shape index (κ3) is 3.16. The second kappa shape index (κ2) is 6.18. The minimum absolute atomic E-state index is 0.0908. The number of carbonyl (C=O) groups is 1. The normalized spacial score (nSPS) is 22.2. The largest absolute Gasteiger partial charge is 0.460 e. The summed E-state index contributed by atoms with van der Waals surface area (Å²) in [5, 5.41) is 0. The molecule has 1 aliphatic rings. The quantitative estimate of drug-likeness (QED) is 0.349. The lowest BCUT2D eigenvalue weighted by Gasteiger charge is -2.09. The Morgan fingerprint density at radius 2 is 1.83 bits per heavy atom. The predicted octanol–water partition coefficient (Wildman–Crippen LogP) is 4.30. The molecule has 1 saturated carbocycles. The van der Waals surface area contributed by atoms with Gasteiger partial charge >= 0.3 is 5.97 Å². The summed E-state index contributed by atoms with van der Waals surface area (Å²) in [6, 6.07) is 0.107. The Morgan fingerprint density at radius 3 is 2.35 bits per heavy atom. The number of benzene rings is 1. The summed E-state index contributed by atoms with van der Waals surface area (Å²) in [6.07, 6.45) is 5.06. The Labute approximate surface area is 131 Å². The smallest absolute Gasteiger partial charge is 0.310 e. The number of ether oxygens (including phenoxy) is 1. The monoisotopic (exact) mass is 328 g/mol. The maximum absolute atomic E-state index is 13.5. The molecule has 0 amide bonds. The molecule has 2 atom stereocenters. The first kappa shape index (κ1) is 17.2. The van der Waals surface area contributed by atoms with Crippen molar-refractivity contribution in [1.29, 1.82) is 0 Å². The van der Waals surface area contributed by atoms with Crippen LogP contribution in [0.15, 0.2) is 30.9 Å². The fourth-order valence-electron chi connectivity index (χ4n) is 2.67. The fourth-order valence-corrected chi connectivity index (χ4v) is 2.67. The highest BCUT2D eigenvalue weighted by Gasteiger charge is 2.61. The number of halogens is 4. The van der Waals surface area contributed by atoms with E-state index >= 15 is 0 Å². The zero-order valence-corrected chi connectivity index (χ0v) is 12.7. The van der Waals surface area contributed by atoms with Crippen LogP contribution >= 0.6 is 0 Å². The van der Waals surface area contributed by atoms with Crippen molar-refractivity contribution in [2.75, 3.05) is 0 Å². The van der Waals surface area contributed by atoms with Crippen molar-refractivity contribution in [2.45, 2.75) is 20.5 Å². The van der Waals surface area contributed by atoms with Crippen LogP contribution in [0.1, 0.15) is 19.4 Å². The first-order valence-electron chi connectivity index (χ1n) is 6.99. The summed E-state index contributed by atoms with van der Waals surface area (Å²) >= 11 is 0. The van der Waals surface area contributed by atoms with Gasteiger partial charge in [-0.3, -0.25) is 4.79 Å². The van der Waals surface area contributed by atoms with Crippen molar-refractivity contribution >= 4 is 5.97 Å². The topological polar surface area (TPSA) is 26.3 Å². The molecular weight excluding hydrogens is 312 g/mol. The van der Waals surface area contributed by atoms with Gasteiger partial charge in [-0.1, -0.05) is 38.7 Å². The summed E-state index contributed by atoms with van der Waals surface area (Å²) in [6.45, 7) is 6.36. The summed E-state index contributed by atoms with van der Waals surface area (Å²) < 4.78 is 58.1. The SMILES string of the molecule is C=CC=CC1C(C(=O)OCc2c(F)c(F)cc(F)c2F)C1(C)C. The van der Waals surface area contributed by atoms with Crippen LogP contribution in [-0.4, -0.2) is 5.97 Å². The van der Waals surface area contributed by atoms with Crippen LogP contribution in [0.25, 0.3) is 0 Å². The van der Waals surface area contributed by atoms with E-state index in [-0.39, 0.29) is 17.4 Å². The van der Waals surface area contributed by atoms with Crippen molar-refractivity contribution in [3.05, 3.63) is 59.7 Å². The molecular formula is C17H16F4O2. The van der Waals surface area contributed by atoms with Crippen molar-refractivity contribution in [3.63, 3.8) is 0 Å². The third-order valence-corrected chi connectivity index (χ3v) is 4.18. The van der Waals surface area contributed by atoms with Crippen molar-refractivity contribution in [2.24, 2.45) is 17.3 Å². The van der Waals surface area contributed by atoms with Gasteiger partial charge in [0, 0.05) is 6.07 Å². The zero-order valence-electron chi connectivity index (χ0n) is 12.7. The molecule has 0 aliphatic heterocycles. The van der Waals surface area contributed by atoms with Crippen molar-refractivity contribution in [1.82, 2.24) is 0 Å². The van der Waals surface area contributed by atoms with Crippen LogP contribution in [0, 0.1) is 40.5 Å². The lowest BCUT2D eigenvalue weighted by atomic mass is 10.1. The number of rotatable bonds is 5. The van der Waals surface area contributed by atoms with Crippen LogP contribution in [0.3, 0.4) is 0 Å². The zero-order chi connectivity index (χ0) is 17.4. The lowest BCUT2D eigenvalue weighted by Crippen LogP contribution is -2.13. The molecule has 0 saturated heterocycles. The first-order chi connectivity index (χ1) is 10.7. The number of hydrogen-bond donors (Lipinski definition) is 0. The van der Waals surface area contributed by atoms with E-state index in [1.807, 2.05) is 13.8 Å². The molecule has 1 fully saturated rings. The Kier molecular flexibility index (Phi) is 4.63. The van der Waals surface area contributed by atoms with E-state index in [1.54, 1.807) is 18.2 Å². The van der Waals surface area contributed by atoms with Crippen molar-refractivity contribution < 1.29 is 27.1 Å². The fraction of sp³-hybridized carbons (Fsp3) is 0.353. The van der Waals surface area contributed by atoms with Crippen molar-refractivity contribution in [3.8, 4) is 0 Å². The van der Waals surface area contributed by atoms with E-state index < -0.39 is 47.3 Å². The molecule has 0 N–H and O–H groups in total. The second-order valence-corrected chi connectivity index (χ2v) is 6.00. The number of hydrogen-bond acceptors (Lipinski definition) is 2. The van der Waals surface area contributed by atoms with E-state index in [4.69, 9.17) is 4.74 Å². The number of carbonyl (C=O) groups excluding carboxylic acids is 1. The van der Waals surface area contributed by atoms with Gasteiger partial charge in [-0.15, -0.1) is 0 Å². The molecule has 2 unspecified atom stereocenters. The molecule has 6 heteroatoms. The maximum Gasteiger partial charge on any atom is 0.310 e. The van der Waals surface area contributed by atoms with Gasteiger partial charge in [0.15, 0.2) is 23.3 Å².